The van der Waals surface area contributed by atoms with E-state index >= 15 is 0 Å². The van der Waals surface area contributed by atoms with E-state index in [9.17, 15) is 5.11 Å². The van der Waals surface area contributed by atoms with E-state index in [-0.39, 0.29) is 5.41 Å². The van der Waals surface area contributed by atoms with E-state index in [4.69, 9.17) is 0 Å². The fourth-order valence-electron chi connectivity index (χ4n) is 2.05. The zero-order valence-electron chi connectivity index (χ0n) is 11.2. The van der Waals surface area contributed by atoms with Crippen molar-refractivity contribution in [2.45, 2.75) is 65.8 Å². The van der Waals surface area contributed by atoms with Crippen LogP contribution in [0.2, 0.25) is 0 Å². The summed E-state index contributed by atoms with van der Waals surface area (Å²) in [5, 5.41) is 14.7. The summed E-state index contributed by atoms with van der Waals surface area (Å²) < 4.78 is 1.74. The van der Waals surface area contributed by atoms with Crippen LogP contribution >= 0.6 is 0 Å². The summed E-state index contributed by atoms with van der Waals surface area (Å²) in [7, 11) is 0. The second kappa shape index (κ2) is 4.89. The summed E-state index contributed by atoms with van der Waals surface area (Å²) in [5.41, 5.74) is 2.03. The summed E-state index contributed by atoms with van der Waals surface area (Å²) in [4.78, 5) is 0. The molecule has 0 spiro atoms. The van der Waals surface area contributed by atoms with E-state index in [2.05, 4.69) is 39.7 Å². The molecule has 0 aliphatic rings. The molecule has 3 nitrogen and oxygen atoms in total. The third kappa shape index (κ3) is 2.57. The van der Waals surface area contributed by atoms with Gasteiger partial charge in [-0.25, -0.2) is 4.68 Å². The number of hydrogen-bond acceptors (Lipinski definition) is 2. The van der Waals surface area contributed by atoms with Crippen molar-refractivity contribution < 1.29 is 5.11 Å². The topological polar surface area (TPSA) is 38.0 Å². The molecule has 0 unspecified atom stereocenters. The molecule has 0 atom stereocenters. The first-order chi connectivity index (χ1) is 7.41. The van der Waals surface area contributed by atoms with Crippen molar-refractivity contribution in [3.05, 3.63) is 11.3 Å². The van der Waals surface area contributed by atoms with E-state index in [1.165, 1.54) is 0 Å². The van der Waals surface area contributed by atoms with E-state index in [0.717, 1.165) is 37.1 Å². The van der Waals surface area contributed by atoms with Gasteiger partial charge >= 0.3 is 0 Å². The van der Waals surface area contributed by atoms with E-state index in [1.807, 2.05) is 0 Å². The lowest BCUT2D eigenvalue weighted by Crippen LogP contribution is -2.13. The highest BCUT2D eigenvalue weighted by Crippen LogP contribution is 2.34. The Labute approximate surface area is 98.5 Å². The van der Waals surface area contributed by atoms with Gasteiger partial charge in [0.2, 0.25) is 5.88 Å². The van der Waals surface area contributed by atoms with Gasteiger partial charge in [0.05, 0.1) is 5.69 Å². The molecule has 0 fully saturated rings. The molecule has 1 N–H and O–H groups in total. The van der Waals surface area contributed by atoms with Gasteiger partial charge in [-0.05, 0) is 18.3 Å². The van der Waals surface area contributed by atoms with Gasteiger partial charge in [0, 0.05) is 12.1 Å². The lowest BCUT2D eigenvalue weighted by molar-refractivity contribution is 0.383. The van der Waals surface area contributed by atoms with Gasteiger partial charge in [-0.1, -0.05) is 41.0 Å². The predicted molar refractivity (Wildman–Crippen MR) is 66.9 cm³/mol. The Morgan fingerprint density at radius 3 is 2.25 bits per heavy atom. The molecular formula is C13H24N2O. The van der Waals surface area contributed by atoms with Crippen molar-refractivity contribution >= 4 is 0 Å². The van der Waals surface area contributed by atoms with Crippen molar-refractivity contribution in [1.29, 1.82) is 0 Å². The van der Waals surface area contributed by atoms with Gasteiger partial charge < -0.3 is 5.11 Å². The third-order valence-electron chi connectivity index (χ3n) is 2.67. The molecule has 0 amide bonds. The highest BCUT2D eigenvalue weighted by atomic mass is 16.3. The van der Waals surface area contributed by atoms with Crippen molar-refractivity contribution in [2.24, 2.45) is 0 Å². The van der Waals surface area contributed by atoms with Crippen molar-refractivity contribution in [1.82, 2.24) is 9.78 Å². The normalized spacial score (nSPS) is 12.1. The molecule has 0 saturated carbocycles. The van der Waals surface area contributed by atoms with Gasteiger partial charge in [-0.2, -0.15) is 5.10 Å². The molecule has 1 heterocycles. The molecule has 0 aromatic carbocycles. The zero-order valence-corrected chi connectivity index (χ0v) is 11.2. The molecule has 1 aromatic heterocycles. The molecule has 0 radical (unpaired) electrons. The number of rotatable bonds is 4. The third-order valence-corrected chi connectivity index (χ3v) is 2.67. The Morgan fingerprint density at radius 2 is 1.81 bits per heavy atom. The van der Waals surface area contributed by atoms with Crippen LogP contribution in [0.5, 0.6) is 5.88 Å². The molecule has 0 aliphatic carbocycles. The molecule has 0 bridgehead atoms. The largest absolute Gasteiger partial charge is 0.493 e. The second-order valence-electron chi connectivity index (χ2n) is 5.37. The van der Waals surface area contributed by atoms with Gasteiger partial charge in [-0.3, -0.25) is 0 Å². The van der Waals surface area contributed by atoms with Crippen LogP contribution in [0.1, 0.15) is 58.7 Å². The number of nitrogens with zero attached hydrogens (tertiary/aromatic N) is 2. The van der Waals surface area contributed by atoms with Crippen LogP contribution in [0, 0.1) is 0 Å². The highest BCUT2D eigenvalue weighted by molar-refractivity contribution is 5.37. The molecule has 0 aliphatic heterocycles. The zero-order chi connectivity index (χ0) is 12.3. The van der Waals surface area contributed by atoms with Crippen LogP contribution in [0.4, 0.5) is 0 Å². The van der Waals surface area contributed by atoms with Crippen LogP contribution < -0.4 is 0 Å². The van der Waals surface area contributed by atoms with E-state index in [1.54, 1.807) is 4.68 Å². The maximum Gasteiger partial charge on any atom is 0.213 e. The molecule has 1 aromatic rings. The van der Waals surface area contributed by atoms with Gasteiger partial charge in [0.25, 0.3) is 0 Å². The lowest BCUT2D eigenvalue weighted by Gasteiger charge is -2.18. The fraction of sp³-hybridized carbons (Fsp3) is 0.769. The maximum absolute atomic E-state index is 10.2. The number of aromatic hydroxyl groups is 1. The van der Waals surface area contributed by atoms with Crippen molar-refractivity contribution in [3.8, 4) is 5.88 Å². The molecule has 3 heteroatoms. The van der Waals surface area contributed by atoms with Crippen LogP contribution in [0.3, 0.4) is 0 Å². The summed E-state index contributed by atoms with van der Waals surface area (Å²) in [6.45, 7) is 11.4. The van der Waals surface area contributed by atoms with Crippen LogP contribution in [-0.4, -0.2) is 14.9 Å². The Bertz CT molecular complexity index is 348. The first-order valence-corrected chi connectivity index (χ1v) is 6.20. The van der Waals surface area contributed by atoms with Crippen molar-refractivity contribution in [2.75, 3.05) is 0 Å². The lowest BCUT2D eigenvalue weighted by atomic mass is 9.86. The average Bonchev–Trinajstić information content (AvgIpc) is 2.43. The minimum atomic E-state index is -0.0411. The first kappa shape index (κ1) is 13.1. The highest BCUT2D eigenvalue weighted by Gasteiger charge is 2.26. The van der Waals surface area contributed by atoms with Crippen LogP contribution in [0.15, 0.2) is 0 Å². The number of hydrogen-bond donors (Lipinski definition) is 1. The van der Waals surface area contributed by atoms with Gasteiger partial charge in [-0.15, -0.1) is 0 Å². The molecule has 16 heavy (non-hydrogen) atoms. The van der Waals surface area contributed by atoms with Gasteiger partial charge in [0.1, 0.15) is 0 Å². The molecule has 92 valence electrons. The summed E-state index contributed by atoms with van der Waals surface area (Å²) in [6.07, 6.45) is 2.99. The van der Waals surface area contributed by atoms with Crippen LogP contribution in [0.25, 0.3) is 0 Å². The fourth-order valence-corrected chi connectivity index (χ4v) is 2.05. The Morgan fingerprint density at radius 1 is 1.19 bits per heavy atom. The first-order valence-electron chi connectivity index (χ1n) is 6.20. The molecule has 0 saturated heterocycles. The minimum Gasteiger partial charge on any atom is -0.493 e. The number of aromatic nitrogens is 2. The van der Waals surface area contributed by atoms with Gasteiger partial charge in [0.15, 0.2) is 0 Å². The summed E-state index contributed by atoms with van der Waals surface area (Å²) >= 11 is 0. The summed E-state index contributed by atoms with van der Waals surface area (Å²) in [5.74, 6) is 0.359. The quantitative estimate of drug-likeness (QED) is 0.852. The maximum atomic E-state index is 10.2. The SMILES string of the molecule is CCCc1nn(CCC)c(O)c1C(C)(C)C. The second-order valence-corrected chi connectivity index (χ2v) is 5.37. The summed E-state index contributed by atoms with van der Waals surface area (Å²) in [6, 6.07) is 0. The monoisotopic (exact) mass is 224 g/mol. The van der Waals surface area contributed by atoms with E-state index in [0.29, 0.717) is 5.88 Å². The smallest absolute Gasteiger partial charge is 0.213 e. The molecule has 1 rings (SSSR count). The Hall–Kier alpha value is -0.990. The Balaban J connectivity index is 3.20. The standard InChI is InChI=1S/C13H24N2O/c1-6-8-10-11(13(3,4)5)12(16)15(14-10)9-7-2/h16H,6-9H2,1-5H3. The van der Waals surface area contributed by atoms with Crippen molar-refractivity contribution in [3.63, 3.8) is 0 Å². The molecular weight excluding hydrogens is 200 g/mol. The average molecular weight is 224 g/mol. The van der Waals surface area contributed by atoms with Crippen LogP contribution in [-0.2, 0) is 18.4 Å². The number of aryl methyl sites for hydroxylation is 2. The minimum absolute atomic E-state index is 0.0411. The van der Waals surface area contributed by atoms with E-state index < -0.39 is 0 Å². The predicted octanol–water partition coefficient (Wildman–Crippen LogP) is 3.25. The Kier molecular flexibility index (Phi) is 4.00.